The van der Waals surface area contributed by atoms with Gasteiger partial charge in [-0.1, -0.05) is 41.2 Å². The third-order valence-corrected chi connectivity index (χ3v) is 6.17. The van der Waals surface area contributed by atoms with Crippen molar-refractivity contribution in [2.24, 2.45) is 0 Å². The van der Waals surface area contributed by atoms with Crippen LogP contribution in [0.2, 0.25) is 0 Å². The number of aromatic amines is 1. The van der Waals surface area contributed by atoms with Gasteiger partial charge in [-0.05, 0) is 29.9 Å². The lowest BCUT2D eigenvalue weighted by Gasteiger charge is -2.03. The minimum absolute atomic E-state index is 0.0715. The SMILES string of the molecule is Cc1ccc(-[n+]2[nH]oc(=O)c2C(=O)CSc2nnc(CSc3nccc(C)n3)n2N)cc1. The van der Waals surface area contributed by atoms with Crippen molar-refractivity contribution in [1.82, 2.24) is 30.1 Å². The Bertz CT molecular complexity index is 1310. The number of nitrogens with one attached hydrogen (secondary N) is 1. The monoisotopic (exact) mass is 471 g/mol. The number of nitrogens with two attached hydrogens (primary N) is 1. The molecule has 0 spiro atoms. The maximum atomic E-state index is 12.8. The van der Waals surface area contributed by atoms with E-state index in [1.54, 1.807) is 18.3 Å². The molecule has 4 aromatic rings. The average molecular weight is 472 g/mol. The van der Waals surface area contributed by atoms with E-state index in [1.165, 1.54) is 21.1 Å². The maximum Gasteiger partial charge on any atom is 0.438 e. The molecular formula is C19H19N8O3S2+. The van der Waals surface area contributed by atoms with Crippen LogP contribution in [0.25, 0.3) is 5.69 Å². The lowest BCUT2D eigenvalue weighted by atomic mass is 10.2. The molecule has 0 atom stereocenters. The molecule has 0 saturated carbocycles. The van der Waals surface area contributed by atoms with Crippen molar-refractivity contribution in [3.05, 3.63) is 69.7 Å². The molecule has 11 nitrogen and oxygen atoms in total. The Kier molecular flexibility index (Phi) is 6.37. The molecule has 32 heavy (non-hydrogen) atoms. The maximum absolute atomic E-state index is 12.8. The standard InChI is InChI=1S/C19H18N8O3S2/c1-11-3-5-13(6-4-11)27-16(17(29)30-25-27)14(28)9-32-19-24-23-15(26(19)20)10-31-18-21-8-7-12(2)22-18/h3-8H,9-10,20H2,1-2H3/p+1. The lowest BCUT2D eigenvalue weighted by Crippen LogP contribution is -2.41. The molecule has 0 unspecified atom stereocenters. The Hall–Kier alpha value is -3.45. The van der Waals surface area contributed by atoms with Gasteiger partial charge in [-0.2, -0.15) is 0 Å². The summed E-state index contributed by atoms with van der Waals surface area (Å²) in [6.07, 6.45) is 1.69. The van der Waals surface area contributed by atoms with E-state index in [0.29, 0.717) is 27.6 Å². The van der Waals surface area contributed by atoms with Gasteiger partial charge < -0.3 is 5.84 Å². The van der Waals surface area contributed by atoms with Crippen LogP contribution in [-0.2, 0) is 5.75 Å². The fourth-order valence-corrected chi connectivity index (χ4v) is 4.25. The summed E-state index contributed by atoms with van der Waals surface area (Å²) >= 11 is 2.46. The number of aromatic nitrogens is 7. The van der Waals surface area contributed by atoms with E-state index in [9.17, 15) is 9.59 Å². The average Bonchev–Trinajstić information content (AvgIpc) is 3.33. The van der Waals surface area contributed by atoms with Crippen LogP contribution in [0.15, 0.2) is 56.2 Å². The Morgan fingerprint density at radius 3 is 2.72 bits per heavy atom. The smallest absolute Gasteiger partial charge is 0.336 e. The summed E-state index contributed by atoms with van der Waals surface area (Å²) in [5, 5.41) is 11.5. The number of nitrogen functional groups attached to an aromatic ring is 1. The second kappa shape index (κ2) is 9.36. The van der Waals surface area contributed by atoms with Crippen LogP contribution >= 0.6 is 23.5 Å². The third-order valence-electron chi connectivity index (χ3n) is 4.37. The predicted octanol–water partition coefficient (Wildman–Crippen LogP) is 1.22. The van der Waals surface area contributed by atoms with Crippen LogP contribution in [0.3, 0.4) is 0 Å². The fourth-order valence-electron chi connectivity index (χ4n) is 2.71. The van der Waals surface area contributed by atoms with Crippen molar-refractivity contribution >= 4 is 29.3 Å². The third kappa shape index (κ3) is 4.73. The first kappa shape index (κ1) is 21.8. The highest BCUT2D eigenvalue weighted by atomic mass is 32.2. The summed E-state index contributed by atoms with van der Waals surface area (Å²) in [6, 6.07) is 9.12. The second-order valence-electron chi connectivity index (χ2n) is 6.75. The fraction of sp³-hybridized carbons (Fsp3) is 0.211. The minimum atomic E-state index is -0.749. The van der Waals surface area contributed by atoms with E-state index in [4.69, 9.17) is 10.4 Å². The van der Waals surface area contributed by atoms with Crippen molar-refractivity contribution in [2.75, 3.05) is 11.6 Å². The molecular weight excluding hydrogens is 452 g/mol. The van der Waals surface area contributed by atoms with Crippen LogP contribution in [0.4, 0.5) is 0 Å². The number of ketones is 1. The lowest BCUT2D eigenvalue weighted by molar-refractivity contribution is -0.672. The van der Waals surface area contributed by atoms with Gasteiger partial charge in [-0.25, -0.2) is 19.4 Å². The molecule has 164 valence electrons. The molecule has 4 rings (SSSR count). The van der Waals surface area contributed by atoms with Gasteiger partial charge in [0.15, 0.2) is 11.0 Å². The van der Waals surface area contributed by atoms with Crippen LogP contribution in [-0.4, -0.2) is 41.6 Å². The van der Waals surface area contributed by atoms with Crippen molar-refractivity contribution in [3.63, 3.8) is 0 Å². The molecule has 0 radical (unpaired) electrons. The molecule has 0 aliphatic carbocycles. The van der Waals surface area contributed by atoms with Gasteiger partial charge in [0.25, 0.3) is 0 Å². The number of nitrogens with zero attached hydrogens (tertiary/aromatic N) is 6. The predicted molar refractivity (Wildman–Crippen MR) is 117 cm³/mol. The van der Waals surface area contributed by atoms with Crippen LogP contribution < -0.4 is 16.2 Å². The minimum Gasteiger partial charge on any atom is -0.336 e. The summed E-state index contributed by atoms with van der Waals surface area (Å²) in [5.41, 5.74) is 1.66. The molecule has 13 heteroatoms. The van der Waals surface area contributed by atoms with Crippen molar-refractivity contribution in [1.29, 1.82) is 0 Å². The molecule has 3 N–H and O–H groups in total. The quantitative estimate of drug-likeness (QED) is 0.126. The van der Waals surface area contributed by atoms with Gasteiger partial charge in [-0.3, -0.25) is 9.32 Å². The number of hydrogen-bond acceptors (Lipinski definition) is 10. The van der Waals surface area contributed by atoms with Crippen molar-refractivity contribution < 1.29 is 14.0 Å². The molecule has 0 aliphatic rings. The van der Waals surface area contributed by atoms with E-state index >= 15 is 0 Å². The number of rotatable bonds is 8. The zero-order valence-electron chi connectivity index (χ0n) is 17.2. The highest BCUT2D eigenvalue weighted by molar-refractivity contribution is 7.99. The van der Waals surface area contributed by atoms with Gasteiger partial charge in [0, 0.05) is 24.0 Å². The van der Waals surface area contributed by atoms with Gasteiger partial charge >= 0.3 is 11.3 Å². The van der Waals surface area contributed by atoms with E-state index in [2.05, 4.69) is 25.4 Å². The number of carbonyl (C=O) groups excluding carboxylic acids is 1. The number of aryl methyl sites for hydroxylation is 2. The summed E-state index contributed by atoms with van der Waals surface area (Å²) in [4.78, 5) is 33.4. The van der Waals surface area contributed by atoms with Gasteiger partial charge in [0.1, 0.15) is 0 Å². The molecule has 0 aliphatic heterocycles. The zero-order valence-corrected chi connectivity index (χ0v) is 18.8. The number of carbonyl (C=O) groups is 1. The second-order valence-corrected chi connectivity index (χ2v) is 8.64. The Morgan fingerprint density at radius 1 is 1.19 bits per heavy atom. The molecule has 3 heterocycles. The molecule has 0 amide bonds. The van der Waals surface area contributed by atoms with E-state index in [-0.39, 0.29) is 11.4 Å². The first-order valence-corrected chi connectivity index (χ1v) is 11.4. The summed E-state index contributed by atoms with van der Waals surface area (Å²) in [7, 11) is 0. The van der Waals surface area contributed by atoms with E-state index in [0.717, 1.165) is 23.0 Å². The topological polar surface area (TPSA) is 149 Å². The number of H-pyrrole nitrogens is 1. The van der Waals surface area contributed by atoms with Crippen molar-refractivity contribution in [3.8, 4) is 5.69 Å². The normalized spacial score (nSPS) is 11.1. The zero-order chi connectivity index (χ0) is 22.7. The Morgan fingerprint density at radius 2 is 1.97 bits per heavy atom. The van der Waals surface area contributed by atoms with E-state index < -0.39 is 11.4 Å². The van der Waals surface area contributed by atoms with Gasteiger partial charge in [0.2, 0.25) is 16.6 Å². The largest absolute Gasteiger partial charge is 0.438 e. The van der Waals surface area contributed by atoms with E-state index in [1.807, 2.05) is 32.0 Å². The Labute approximate surface area is 190 Å². The van der Waals surface area contributed by atoms with Crippen LogP contribution in [0, 0.1) is 13.8 Å². The van der Waals surface area contributed by atoms with Gasteiger partial charge in [-0.15, -0.1) is 10.2 Å². The number of benzene rings is 1. The van der Waals surface area contributed by atoms with Crippen LogP contribution in [0.1, 0.15) is 27.6 Å². The number of thioether (sulfide) groups is 2. The molecule has 0 bridgehead atoms. The van der Waals surface area contributed by atoms with Crippen molar-refractivity contribution in [2.45, 2.75) is 29.9 Å². The number of Topliss-reactive ketones (excluding diaryl/α,β-unsaturated/α-hetero) is 1. The molecule has 3 aromatic heterocycles. The highest BCUT2D eigenvalue weighted by Gasteiger charge is 2.31. The summed E-state index contributed by atoms with van der Waals surface area (Å²) in [5.74, 6) is 6.50. The number of hydrogen-bond donors (Lipinski definition) is 2. The summed E-state index contributed by atoms with van der Waals surface area (Å²) < 4.78 is 7.48. The van der Waals surface area contributed by atoms with Crippen LogP contribution in [0.5, 0.6) is 0 Å². The molecule has 0 fully saturated rings. The first-order chi connectivity index (χ1) is 15.4. The van der Waals surface area contributed by atoms with Gasteiger partial charge in [0.05, 0.1) is 11.5 Å². The Balaban J connectivity index is 1.43. The summed E-state index contributed by atoms with van der Waals surface area (Å²) in [6.45, 7) is 3.83. The first-order valence-electron chi connectivity index (χ1n) is 9.41. The highest BCUT2D eigenvalue weighted by Crippen LogP contribution is 2.21. The molecule has 0 saturated heterocycles. The molecule has 1 aromatic carbocycles.